The average molecular weight is 473 g/mol. The van der Waals surface area contributed by atoms with Crippen molar-refractivity contribution in [2.45, 2.75) is 33.2 Å². The molecule has 0 spiro atoms. The number of urea groups is 1. The first-order valence-corrected chi connectivity index (χ1v) is 12.0. The Morgan fingerprint density at radius 2 is 1.80 bits per heavy atom. The molecule has 3 aromatic rings. The van der Waals surface area contributed by atoms with Crippen LogP contribution in [0.4, 0.5) is 10.5 Å². The number of nitrogens with zero attached hydrogens (tertiary/aromatic N) is 2. The third-order valence-corrected chi connectivity index (χ3v) is 6.35. The molecule has 1 saturated heterocycles. The van der Waals surface area contributed by atoms with Crippen LogP contribution in [0, 0.1) is 19.8 Å². The molecule has 2 N–H and O–H groups in total. The molecule has 1 unspecified atom stereocenters. The lowest BCUT2D eigenvalue weighted by atomic mass is 9.97. The number of rotatable bonds is 6. The lowest BCUT2D eigenvalue weighted by Gasteiger charge is -2.32. The zero-order valence-corrected chi connectivity index (χ0v) is 20.3. The predicted molar refractivity (Wildman–Crippen MR) is 138 cm³/mol. The number of carbonyl (C=O) groups is 2. The third-order valence-electron chi connectivity index (χ3n) is 6.35. The Hall–Kier alpha value is -3.87. The lowest BCUT2D eigenvalue weighted by Crippen LogP contribution is -2.45. The molecule has 1 fully saturated rings. The summed E-state index contributed by atoms with van der Waals surface area (Å²) in [5.74, 6) is -0.114. The summed E-state index contributed by atoms with van der Waals surface area (Å²) in [5, 5.41) is 5.74. The fraction of sp³-hybridized carbons (Fsp3) is 0.321. The Balaban J connectivity index is 1.36. The van der Waals surface area contributed by atoms with Gasteiger partial charge < -0.3 is 20.1 Å². The van der Waals surface area contributed by atoms with Gasteiger partial charge in [0, 0.05) is 31.5 Å². The summed E-state index contributed by atoms with van der Waals surface area (Å²) >= 11 is 0. The van der Waals surface area contributed by atoms with Crippen LogP contribution in [0.2, 0.25) is 0 Å². The summed E-state index contributed by atoms with van der Waals surface area (Å²) in [6.45, 7) is 6.01. The zero-order valence-electron chi connectivity index (χ0n) is 20.3. The summed E-state index contributed by atoms with van der Waals surface area (Å²) in [6.07, 6.45) is 3.47. The van der Waals surface area contributed by atoms with Crippen LogP contribution in [0.25, 0.3) is 0 Å². The maximum Gasteiger partial charge on any atom is 0.319 e. The minimum absolute atomic E-state index is 0.134. The van der Waals surface area contributed by atoms with Crippen molar-refractivity contribution in [2.75, 3.05) is 25.0 Å². The molecule has 7 nitrogen and oxygen atoms in total. The van der Waals surface area contributed by atoms with E-state index in [9.17, 15) is 14.4 Å². The van der Waals surface area contributed by atoms with E-state index in [2.05, 4.69) is 10.6 Å². The second kappa shape index (κ2) is 11.0. The number of piperidine rings is 1. The lowest BCUT2D eigenvalue weighted by molar-refractivity contribution is 0.0672. The van der Waals surface area contributed by atoms with Gasteiger partial charge in [-0.3, -0.25) is 9.59 Å². The Labute approximate surface area is 205 Å². The minimum atomic E-state index is -0.281. The molecule has 1 aliphatic heterocycles. The number of aromatic nitrogens is 1. The standard InChI is InChI=1S/C28H32N4O3/c1-20-10-12-24(13-11-20)30-28(35)29-17-23-8-4-14-32(19-23)27(34)25-9-5-15-31(26(25)33)18-22-7-3-6-21(2)16-22/h3,5-7,9-13,15-16,23H,4,8,14,17-19H2,1-2H3,(H2,29,30,35). The summed E-state index contributed by atoms with van der Waals surface area (Å²) in [5.41, 5.74) is 3.92. The number of hydrogen-bond acceptors (Lipinski definition) is 3. The molecule has 0 bridgehead atoms. The number of likely N-dealkylation sites (tertiary alicyclic amines) is 1. The quantitative estimate of drug-likeness (QED) is 0.564. The predicted octanol–water partition coefficient (Wildman–Crippen LogP) is 4.19. The number of aryl methyl sites for hydroxylation is 2. The number of hydrogen-bond donors (Lipinski definition) is 2. The first kappa shape index (κ1) is 24.3. The molecule has 35 heavy (non-hydrogen) atoms. The molecule has 2 aromatic carbocycles. The summed E-state index contributed by atoms with van der Waals surface area (Å²) < 4.78 is 1.58. The van der Waals surface area contributed by atoms with Crippen molar-refractivity contribution in [3.8, 4) is 0 Å². The van der Waals surface area contributed by atoms with Gasteiger partial charge >= 0.3 is 6.03 Å². The number of anilines is 1. The van der Waals surface area contributed by atoms with Gasteiger partial charge in [-0.25, -0.2) is 4.79 Å². The van der Waals surface area contributed by atoms with Crippen LogP contribution in [0.5, 0.6) is 0 Å². The van der Waals surface area contributed by atoms with Crippen LogP contribution in [-0.2, 0) is 6.54 Å². The van der Waals surface area contributed by atoms with Crippen LogP contribution in [0.1, 0.15) is 39.9 Å². The van der Waals surface area contributed by atoms with Gasteiger partial charge in [-0.1, -0.05) is 47.5 Å². The number of nitrogens with one attached hydrogen (secondary N) is 2. The molecule has 0 radical (unpaired) electrons. The van der Waals surface area contributed by atoms with Crippen LogP contribution in [-0.4, -0.2) is 41.0 Å². The van der Waals surface area contributed by atoms with Crippen molar-refractivity contribution in [1.82, 2.24) is 14.8 Å². The van der Waals surface area contributed by atoms with Crippen molar-refractivity contribution < 1.29 is 9.59 Å². The normalized spacial score (nSPS) is 15.5. The van der Waals surface area contributed by atoms with E-state index in [1.165, 1.54) is 0 Å². The fourth-order valence-corrected chi connectivity index (χ4v) is 4.47. The SMILES string of the molecule is Cc1ccc(NC(=O)NCC2CCCN(C(=O)c3cccn(Cc4cccc(C)c4)c3=O)C2)cc1. The van der Waals surface area contributed by atoms with Crippen LogP contribution in [0.3, 0.4) is 0 Å². The fourth-order valence-electron chi connectivity index (χ4n) is 4.47. The van der Waals surface area contributed by atoms with Crippen molar-refractivity contribution >= 4 is 17.6 Å². The molecule has 1 aliphatic rings. The van der Waals surface area contributed by atoms with Crippen LogP contribution in [0.15, 0.2) is 71.7 Å². The van der Waals surface area contributed by atoms with Gasteiger partial charge in [-0.05, 0) is 62.4 Å². The van der Waals surface area contributed by atoms with Crippen LogP contribution < -0.4 is 16.2 Å². The van der Waals surface area contributed by atoms with Gasteiger partial charge in [0.25, 0.3) is 11.5 Å². The highest BCUT2D eigenvalue weighted by molar-refractivity contribution is 5.94. The molecular formula is C28H32N4O3. The third kappa shape index (κ3) is 6.38. The van der Waals surface area contributed by atoms with Crippen molar-refractivity contribution in [3.05, 3.63) is 99.5 Å². The monoisotopic (exact) mass is 472 g/mol. The molecule has 1 aromatic heterocycles. The first-order valence-electron chi connectivity index (χ1n) is 12.0. The summed E-state index contributed by atoms with van der Waals surface area (Å²) in [4.78, 5) is 40.3. The number of carbonyl (C=O) groups excluding carboxylic acids is 2. The number of benzene rings is 2. The number of amides is 3. The van der Waals surface area contributed by atoms with E-state index < -0.39 is 0 Å². The Morgan fingerprint density at radius 1 is 1.00 bits per heavy atom. The molecule has 0 saturated carbocycles. The average Bonchev–Trinajstić information content (AvgIpc) is 2.85. The van der Waals surface area contributed by atoms with Gasteiger partial charge in [0.2, 0.25) is 0 Å². The van der Waals surface area contributed by atoms with E-state index in [4.69, 9.17) is 0 Å². The Kier molecular flexibility index (Phi) is 7.65. The molecule has 2 heterocycles. The van der Waals surface area contributed by atoms with E-state index in [0.29, 0.717) is 26.2 Å². The van der Waals surface area contributed by atoms with Crippen molar-refractivity contribution in [2.24, 2.45) is 5.92 Å². The Morgan fingerprint density at radius 3 is 2.57 bits per heavy atom. The van der Waals surface area contributed by atoms with Gasteiger partial charge in [0.1, 0.15) is 5.56 Å². The highest BCUT2D eigenvalue weighted by Crippen LogP contribution is 2.18. The second-order valence-electron chi connectivity index (χ2n) is 9.30. The second-order valence-corrected chi connectivity index (χ2v) is 9.30. The van der Waals surface area contributed by atoms with E-state index in [-0.39, 0.29) is 29.0 Å². The maximum absolute atomic E-state index is 13.2. The van der Waals surface area contributed by atoms with E-state index in [1.54, 1.807) is 27.8 Å². The number of pyridine rings is 1. The smallest absolute Gasteiger partial charge is 0.319 e. The van der Waals surface area contributed by atoms with E-state index >= 15 is 0 Å². The van der Waals surface area contributed by atoms with Crippen molar-refractivity contribution in [1.29, 1.82) is 0 Å². The molecular weight excluding hydrogens is 440 g/mol. The Bertz CT molecular complexity index is 1250. The van der Waals surface area contributed by atoms with Gasteiger partial charge in [0.15, 0.2) is 0 Å². The largest absolute Gasteiger partial charge is 0.338 e. The van der Waals surface area contributed by atoms with Gasteiger partial charge in [0.05, 0.1) is 6.54 Å². The highest BCUT2D eigenvalue weighted by Gasteiger charge is 2.26. The van der Waals surface area contributed by atoms with E-state index in [1.807, 2.05) is 62.4 Å². The topological polar surface area (TPSA) is 83.4 Å². The zero-order chi connectivity index (χ0) is 24.8. The molecule has 1 atom stereocenters. The molecule has 182 valence electrons. The maximum atomic E-state index is 13.2. The van der Waals surface area contributed by atoms with Gasteiger partial charge in [-0.2, -0.15) is 0 Å². The summed E-state index contributed by atoms with van der Waals surface area (Å²) in [6, 6.07) is 18.7. The summed E-state index contributed by atoms with van der Waals surface area (Å²) in [7, 11) is 0. The first-order chi connectivity index (χ1) is 16.9. The molecule has 4 rings (SSSR count). The van der Waals surface area contributed by atoms with Crippen molar-refractivity contribution in [3.63, 3.8) is 0 Å². The molecule has 0 aliphatic carbocycles. The van der Waals surface area contributed by atoms with Crippen LogP contribution >= 0.6 is 0 Å². The van der Waals surface area contributed by atoms with Gasteiger partial charge in [-0.15, -0.1) is 0 Å². The highest BCUT2D eigenvalue weighted by atomic mass is 16.2. The van der Waals surface area contributed by atoms with E-state index in [0.717, 1.165) is 35.2 Å². The minimum Gasteiger partial charge on any atom is -0.338 e. The molecule has 3 amide bonds. The molecule has 7 heteroatoms.